The SMILES string of the molecule is Cc1cc(C)cc(NC(=O)c2nc3ccccc3nc2Cl)c1. The minimum absolute atomic E-state index is 0.0978. The number of hydrogen-bond acceptors (Lipinski definition) is 3. The molecule has 0 fully saturated rings. The van der Waals surface area contributed by atoms with Crippen LogP contribution in [0, 0.1) is 13.8 Å². The molecule has 110 valence electrons. The maximum Gasteiger partial charge on any atom is 0.277 e. The molecule has 0 aliphatic rings. The predicted octanol–water partition coefficient (Wildman–Crippen LogP) is 4.15. The zero-order valence-electron chi connectivity index (χ0n) is 12.2. The van der Waals surface area contributed by atoms with Crippen molar-refractivity contribution in [2.24, 2.45) is 0 Å². The third-order valence-corrected chi connectivity index (χ3v) is 3.49. The number of anilines is 1. The fraction of sp³-hybridized carbons (Fsp3) is 0.118. The Kier molecular flexibility index (Phi) is 3.77. The van der Waals surface area contributed by atoms with Gasteiger partial charge in [-0.05, 0) is 49.2 Å². The molecule has 4 nitrogen and oxygen atoms in total. The molecule has 0 saturated carbocycles. The van der Waals surface area contributed by atoms with Crippen molar-refractivity contribution in [2.75, 3.05) is 5.32 Å². The Balaban J connectivity index is 1.96. The van der Waals surface area contributed by atoms with E-state index in [0.29, 0.717) is 16.7 Å². The van der Waals surface area contributed by atoms with E-state index >= 15 is 0 Å². The van der Waals surface area contributed by atoms with Crippen molar-refractivity contribution in [1.29, 1.82) is 0 Å². The Morgan fingerprint density at radius 2 is 1.59 bits per heavy atom. The van der Waals surface area contributed by atoms with Crippen LogP contribution in [0.4, 0.5) is 5.69 Å². The summed E-state index contributed by atoms with van der Waals surface area (Å²) in [6.07, 6.45) is 0. The number of fused-ring (bicyclic) bond motifs is 1. The quantitative estimate of drug-likeness (QED) is 0.773. The number of amides is 1. The van der Waals surface area contributed by atoms with Gasteiger partial charge in [0.25, 0.3) is 5.91 Å². The molecular formula is C17H14ClN3O. The Labute approximate surface area is 133 Å². The number of carbonyl (C=O) groups excluding carboxylic acids is 1. The molecule has 0 saturated heterocycles. The lowest BCUT2D eigenvalue weighted by molar-refractivity contribution is 0.102. The minimum Gasteiger partial charge on any atom is -0.321 e. The molecular weight excluding hydrogens is 298 g/mol. The van der Waals surface area contributed by atoms with Gasteiger partial charge in [-0.15, -0.1) is 0 Å². The van der Waals surface area contributed by atoms with Crippen LogP contribution < -0.4 is 5.32 Å². The third kappa shape index (κ3) is 2.92. The van der Waals surface area contributed by atoms with Crippen molar-refractivity contribution < 1.29 is 4.79 Å². The van der Waals surface area contributed by atoms with Gasteiger partial charge in [0.05, 0.1) is 11.0 Å². The molecule has 22 heavy (non-hydrogen) atoms. The number of halogens is 1. The average Bonchev–Trinajstić information content (AvgIpc) is 2.45. The van der Waals surface area contributed by atoms with Gasteiger partial charge in [-0.1, -0.05) is 29.8 Å². The standard InChI is InChI=1S/C17H14ClN3O/c1-10-7-11(2)9-12(8-10)19-17(22)15-16(18)21-14-6-4-3-5-13(14)20-15/h3-9H,1-2H3,(H,19,22). The van der Waals surface area contributed by atoms with E-state index < -0.39 is 0 Å². The molecule has 0 radical (unpaired) electrons. The molecule has 1 amide bonds. The van der Waals surface area contributed by atoms with Crippen LogP contribution in [0.25, 0.3) is 11.0 Å². The number of carbonyl (C=O) groups is 1. The number of para-hydroxylation sites is 2. The highest BCUT2D eigenvalue weighted by Gasteiger charge is 2.15. The summed E-state index contributed by atoms with van der Waals surface area (Å²) in [6, 6.07) is 13.1. The summed E-state index contributed by atoms with van der Waals surface area (Å²) in [5.74, 6) is -0.367. The maximum absolute atomic E-state index is 12.4. The second-order valence-electron chi connectivity index (χ2n) is 5.18. The topological polar surface area (TPSA) is 54.9 Å². The van der Waals surface area contributed by atoms with Gasteiger partial charge in [-0.25, -0.2) is 9.97 Å². The Bertz CT molecular complexity index is 857. The highest BCUT2D eigenvalue weighted by molar-refractivity contribution is 6.33. The van der Waals surface area contributed by atoms with E-state index in [4.69, 9.17) is 11.6 Å². The van der Waals surface area contributed by atoms with E-state index in [0.717, 1.165) is 11.1 Å². The summed E-state index contributed by atoms with van der Waals surface area (Å²) in [5.41, 5.74) is 4.29. The second-order valence-corrected chi connectivity index (χ2v) is 5.54. The molecule has 0 aliphatic carbocycles. The summed E-state index contributed by atoms with van der Waals surface area (Å²) >= 11 is 6.09. The van der Waals surface area contributed by atoms with Crippen LogP contribution in [0.5, 0.6) is 0 Å². The van der Waals surface area contributed by atoms with Crippen LogP contribution in [-0.4, -0.2) is 15.9 Å². The van der Waals surface area contributed by atoms with Crippen molar-refractivity contribution in [1.82, 2.24) is 9.97 Å². The van der Waals surface area contributed by atoms with Gasteiger partial charge >= 0.3 is 0 Å². The van der Waals surface area contributed by atoms with Crippen LogP contribution in [0.1, 0.15) is 21.6 Å². The Hall–Kier alpha value is -2.46. The van der Waals surface area contributed by atoms with Crippen LogP contribution in [-0.2, 0) is 0 Å². The van der Waals surface area contributed by atoms with Crippen LogP contribution >= 0.6 is 11.6 Å². The molecule has 0 aliphatic heterocycles. The maximum atomic E-state index is 12.4. The Morgan fingerprint density at radius 3 is 2.23 bits per heavy atom. The molecule has 0 bridgehead atoms. The summed E-state index contributed by atoms with van der Waals surface area (Å²) in [7, 11) is 0. The first-order valence-corrected chi connectivity index (χ1v) is 7.22. The number of rotatable bonds is 2. The lowest BCUT2D eigenvalue weighted by Gasteiger charge is -2.08. The lowest BCUT2D eigenvalue weighted by Crippen LogP contribution is -2.15. The minimum atomic E-state index is -0.367. The molecule has 1 aromatic heterocycles. The van der Waals surface area contributed by atoms with Gasteiger partial charge in [0, 0.05) is 5.69 Å². The summed E-state index contributed by atoms with van der Waals surface area (Å²) in [6.45, 7) is 3.96. The van der Waals surface area contributed by atoms with E-state index in [2.05, 4.69) is 15.3 Å². The van der Waals surface area contributed by atoms with Crippen molar-refractivity contribution in [3.63, 3.8) is 0 Å². The molecule has 0 atom stereocenters. The number of aryl methyl sites for hydroxylation is 2. The van der Waals surface area contributed by atoms with Gasteiger partial charge in [0.1, 0.15) is 0 Å². The number of nitrogens with one attached hydrogen (secondary N) is 1. The van der Waals surface area contributed by atoms with Crippen LogP contribution in [0.2, 0.25) is 5.15 Å². The molecule has 3 aromatic rings. The lowest BCUT2D eigenvalue weighted by atomic mass is 10.1. The third-order valence-electron chi connectivity index (χ3n) is 3.22. The van der Waals surface area contributed by atoms with Gasteiger partial charge in [-0.2, -0.15) is 0 Å². The van der Waals surface area contributed by atoms with E-state index in [1.165, 1.54) is 0 Å². The largest absolute Gasteiger partial charge is 0.321 e. The summed E-state index contributed by atoms with van der Waals surface area (Å²) in [5, 5.41) is 2.92. The highest BCUT2D eigenvalue weighted by Crippen LogP contribution is 2.19. The molecule has 0 spiro atoms. The van der Waals surface area contributed by atoms with Gasteiger partial charge in [0.15, 0.2) is 10.8 Å². The van der Waals surface area contributed by atoms with Crippen molar-refractivity contribution in [3.05, 3.63) is 64.4 Å². The van der Waals surface area contributed by atoms with Crippen LogP contribution in [0.3, 0.4) is 0 Å². The van der Waals surface area contributed by atoms with Crippen molar-refractivity contribution in [3.8, 4) is 0 Å². The second kappa shape index (κ2) is 5.73. The molecule has 3 rings (SSSR count). The molecule has 1 heterocycles. The van der Waals surface area contributed by atoms with Gasteiger partial charge in [0.2, 0.25) is 0 Å². The van der Waals surface area contributed by atoms with Crippen molar-refractivity contribution >= 4 is 34.2 Å². The molecule has 2 aromatic carbocycles. The molecule has 5 heteroatoms. The van der Waals surface area contributed by atoms with Gasteiger partial charge < -0.3 is 5.32 Å². The van der Waals surface area contributed by atoms with E-state index in [1.54, 1.807) is 12.1 Å². The molecule has 1 N–H and O–H groups in total. The first kappa shape index (κ1) is 14.5. The number of benzene rings is 2. The molecule has 0 unspecified atom stereocenters. The summed E-state index contributed by atoms with van der Waals surface area (Å²) in [4.78, 5) is 20.9. The number of hydrogen-bond donors (Lipinski definition) is 1. The highest BCUT2D eigenvalue weighted by atomic mass is 35.5. The zero-order valence-corrected chi connectivity index (χ0v) is 13.0. The van der Waals surface area contributed by atoms with E-state index in [9.17, 15) is 4.79 Å². The monoisotopic (exact) mass is 311 g/mol. The van der Waals surface area contributed by atoms with Crippen LogP contribution in [0.15, 0.2) is 42.5 Å². The fourth-order valence-corrected chi connectivity index (χ4v) is 2.58. The smallest absolute Gasteiger partial charge is 0.277 e. The number of aromatic nitrogens is 2. The van der Waals surface area contributed by atoms with E-state index in [-0.39, 0.29) is 16.8 Å². The predicted molar refractivity (Wildman–Crippen MR) is 88.4 cm³/mol. The van der Waals surface area contributed by atoms with Gasteiger partial charge in [-0.3, -0.25) is 4.79 Å². The average molecular weight is 312 g/mol. The first-order valence-electron chi connectivity index (χ1n) is 6.85. The van der Waals surface area contributed by atoms with Crippen molar-refractivity contribution in [2.45, 2.75) is 13.8 Å². The van der Waals surface area contributed by atoms with E-state index in [1.807, 2.05) is 44.2 Å². The normalized spacial score (nSPS) is 10.7. The fourth-order valence-electron chi connectivity index (χ4n) is 2.36. The summed E-state index contributed by atoms with van der Waals surface area (Å²) < 4.78 is 0. The Morgan fingerprint density at radius 1 is 1.00 bits per heavy atom. The first-order chi connectivity index (χ1) is 10.5. The zero-order chi connectivity index (χ0) is 15.7. The number of nitrogens with zero attached hydrogens (tertiary/aromatic N) is 2.